The summed E-state index contributed by atoms with van der Waals surface area (Å²) in [6.07, 6.45) is 0. The second kappa shape index (κ2) is 3.12. The van der Waals surface area contributed by atoms with Crippen LogP contribution >= 0.6 is 27.3 Å². The molecule has 1 N–H and O–H groups in total. The summed E-state index contributed by atoms with van der Waals surface area (Å²) in [6, 6.07) is 5.59. The third-order valence-corrected chi connectivity index (χ3v) is 3.21. The molecule has 1 heterocycles. The first kappa shape index (κ1) is 8.72. The fourth-order valence-corrected chi connectivity index (χ4v) is 2.65. The first-order valence-electron chi connectivity index (χ1n) is 3.58. The fourth-order valence-electron chi connectivity index (χ4n) is 1.17. The number of fused-ring (bicyclic) bond motifs is 1. The zero-order chi connectivity index (χ0) is 9.42. The number of benzene rings is 1. The largest absolute Gasteiger partial charge is 0.478 e. The van der Waals surface area contributed by atoms with E-state index in [2.05, 4.69) is 15.9 Å². The molecular weight excluding hydrogens is 252 g/mol. The Morgan fingerprint density at radius 2 is 2.23 bits per heavy atom. The summed E-state index contributed by atoms with van der Waals surface area (Å²) in [7, 11) is 0. The monoisotopic (exact) mass is 256 g/mol. The molecule has 0 aliphatic carbocycles. The van der Waals surface area contributed by atoms with E-state index in [-0.39, 0.29) is 0 Å². The van der Waals surface area contributed by atoms with Crippen LogP contribution in [0.1, 0.15) is 10.4 Å². The molecule has 0 atom stereocenters. The molecule has 2 rings (SSSR count). The summed E-state index contributed by atoms with van der Waals surface area (Å²) >= 11 is 4.78. The van der Waals surface area contributed by atoms with E-state index in [0.717, 1.165) is 14.6 Å². The van der Waals surface area contributed by atoms with Crippen molar-refractivity contribution in [1.82, 2.24) is 0 Å². The molecule has 0 amide bonds. The van der Waals surface area contributed by atoms with Crippen LogP contribution in [0.25, 0.3) is 10.1 Å². The third kappa shape index (κ3) is 1.47. The Hall–Kier alpha value is -0.870. The minimum Gasteiger partial charge on any atom is -0.478 e. The second-order valence-corrected chi connectivity index (χ2v) is 4.42. The molecule has 0 saturated heterocycles. The second-order valence-electron chi connectivity index (χ2n) is 2.60. The quantitative estimate of drug-likeness (QED) is 0.850. The molecule has 0 aliphatic rings. The number of carbonyl (C=O) groups is 1. The van der Waals surface area contributed by atoms with Gasteiger partial charge in [-0.05, 0) is 12.1 Å². The maximum absolute atomic E-state index is 10.8. The van der Waals surface area contributed by atoms with E-state index < -0.39 is 5.97 Å². The number of aromatic carboxylic acids is 1. The zero-order valence-corrected chi connectivity index (χ0v) is 8.85. The van der Waals surface area contributed by atoms with Crippen molar-refractivity contribution in [2.45, 2.75) is 0 Å². The first-order valence-corrected chi connectivity index (χ1v) is 5.26. The smallest absolute Gasteiger partial charge is 0.337 e. The minimum atomic E-state index is -0.867. The number of hydrogen-bond acceptors (Lipinski definition) is 2. The lowest BCUT2D eigenvalue weighted by Crippen LogP contribution is -1.92. The molecule has 0 bridgehead atoms. The van der Waals surface area contributed by atoms with Crippen LogP contribution in [0.4, 0.5) is 0 Å². The zero-order valence-electron chi connectivity index (χ0n) is 6.45. The highest BCUT2D eigenvalue weighted by Gasteiger charge is 2.09. The van der Waals surface area contributed by atoms with Crippen molar-refractivity contribution in [3.63, 3.8) is 0 Å². The standard InChI is InChI=1S/C9H5BrO2S/c10-5-1-2-6-7(9(11)12)4-13-8(6)3-5/h1-4H,(H,11,12). The Bertz CT molecular complexity index is 475. The highest BCUT2D eigenvalue weighted by atomic mass is 79.9. The number of halogens is 1. The molecule has 1 aromatic heterocycles. The van der Waals surface area contributed by atoms with E-state index in [9.17, 15) is 4.79 Å². The SMILES string of the molecule is O=C(O)c1csc2cc(Br)ccc12. The van der Waals surface area contributed by atoms with Crippen molar-refractivity contribution in [2.24, 2.45) is 0 Å². The van der Waals surface area contributed by atoms with Gasteiger partial charge in [-0.3, -0.25) is 0 Å². The number of thiophene rings is 1. The minimum absolute atomic E-state index is 0.382. The Labute approximate surface area is 86.9 Å². The average Bonchev–Trinajstić information content (AvgIpc) is 2.46. The maximum atomic E-state index is 10.8. The molecule has 13 heavy (non-hydrogen) atoms. The Morgan fingerprint density at radius 3 is 2.92 bits per heavy atom. The topological polar surface area (TPSA) is 37.3 Å². The molecule has 2 nitrogen and oxygen atoms in total. The lowest BCUT2D eigenvalue weighted by Gasteiger charge is -1.92. The maximum Gasteiger partial charge on any atom is 0.337 e. The van der Waals surface area contributed by atoms with Gasteiger partial charge in [-0.15, -0.1) is 11.3 Å². The van der Waals surface area contributed by atoms with Gasteiger partial charge in [0.15, 0.2) is 0 Å². The van der Waals surface area contributed by atoms with Gasteiger partial charge in [-0.2, -0.15) is 0 Å². The average molecular weight is 257 g/mol. The van der Waals surface area contributed by atoms with Gasteiger partial charge in [0.2, 0.25) is 0 Å². The van der Waals surface area contributed by atoms with Crippen LogP contribution in [0.5, 0.6) is 0 Å². The van der Waals surface area contributed by atoms with E-state index in [0.29, 0.717) is 5.56 Å². The number of hydrogen-bond donors (Lipinski definition) is 1. The van der Waals surface area contributed by atoms with Gasteiger partial charge in [0.1, 0.15) is 0 Å². The molecule has 0 saturated carbocycles. The summed E-state index contributed by atoms with van der Waals surface area (Å²) in [5.74, 6) is -0.867. The predicted octanol–water partition coefficient (Wildman–Crippen LogP) is 3.36. The first-order chi connectivity index (χ1) is 6.18. The van der Waals surface area contributed by atoms with Gasteiger partial charge in [-0.1, -0.05) is 22.0 Å². The normalized spacial score (nSPS) is 10.5. The Balaban J connectivity index is 2.76. The van der Waals surface area contributed by atoms with Gasteiger partial charge in [0.25, 0.3) is 0 Å². The van der Waals surface area contributed by atoms with Crippen LogP contribution in [-0.2, 0) is 0 Å². The van der Waals surface area contributed by atoms with Crippen LogP contribution < -0.4 is 0 Å². The molecule has 0 aliphatic heterocycles. The van der Waals surface area contributed by atoms with Crippen molar-refractivity contribution in [2.75, 3.05) is 0 Å². The number of carboxylic acid groups (broad SMARTS) is 1. The van der Waals surface area contributed by atoms with Crippen LogP contribution in [-0.4, -0.2) is 11.1 Å². The van der Waals surface area contributed by atoms with Gasteiger partial charge in [0, 0.05) is 19.9 Å². The number of rotatable bonds is 1. The van der Waals surface area contributed by atoms with Crippen LogP contribution in [0.2, 0.25) is 0 Å². The van der Waals surface area contributed by atoms with E-state index in [1.165, 1.54) is 11.3 Å². The van der Waals surface area contributed by atoms with Gasteiger partial charge in [0.05, 0.1) is 5.56 Å². The molecule has 0 spiro atoms. The van der Waals surface area contributed by atoms with Crippen LogP contribution in [0, 0.1) is 0 Å². The fraction of sp³-hybridized carbons (Fsp3) is 0. The summed E-state index contributed by atoms with van der Waals surface area (Å²) in [5, 5.41) is 11.3. The van der Waals surface area contributed by atoms with Gasteiger partial charge in [-0.25, -0.2) is 4.79 Å². The van der Waals surface area contributed by atoms with E-state index in [1.54, 1.807) is 5.38 Å². The lowest BCUT2D eigenvalue weighted by atomic mass is 10.2. The summed E-state index contributed by atoms with van der Waals surface area (Å²) in [6.45, 7) is 0. The molecule has 0 unspecified atom stereocenters. The predicted molar refractivity (Wildman–Crippen MR) is 56.5 cm³/mol. The van der Waals surface area contributed by atoms with Crippen LogP contribution in [0.15, 0.2) is 28.1 Å². The van der Waals surface area contributed by atoms with E-state index in [4.69, 9.17) is 5.11 Å². The van der Waals surface area contributed by atoms with Crippen molar-refractivity contribution < 1.29 is 9.90 Å². The van der Waals surface area contributed by atoms with Gasteiger partial charge < -0.3 is 5.11 Å². The summed E-state index contributed by atoms with van der Waals surface area (Å²) in [5.41, 5.74) is 0.382. The summed E-state index contributed by atoms with van der Waals surface area (Å²) in [4.78, 5) is 10.8. The Kier molecular flexibility index (Phi) is 2.09. The molecular formula is C9H5BrO2S. The van der Waals surface area contributed by atoms with Crippen molar-refractivity contribution >= 4 is 43.3 Å². The molecule has 0 radical (unpaired) electrons. The molecule has 66 valence electrons. The van der Waals surface area contributed by atoms with Crippen molar-refractivity contribution in [3.8, 4) is 0 Å². The summed E-state index contributed by atoms with van der Waals surface area (Å²) < 4.78 is 1.96. The highest BCUT2D eigenvalue weighted by molar-refractivity contribution is 9.10. The highest BCUT2D eigenvalue weighted by Crippen LogP contribution is 2.28. The van der Waals surface area contributed by atoms with E-state index in [1.807, 2.05) is 18.2 Å². The van der Waals surface area contributed by atoms with E-state index >= 15 is 0 Å². The third-order valence-electron chi connectivity index (χ3n) is 1.77. The molecule has 1 aromatic carbocycles. The number of carboxylic acids is 1. The molecule has 2 aromatic rings. The molecule has 4 heteroatoms. The van der Waals surface area contributed by atoms with Crippen molar-refractivity contribution in [1.29, 1.82) is 0 Å². The van der Waals surface area contributed by atoms with Crippen molar-refractivity contribution in [3.05, 3.63) is 33.6 Å². The van der Waals surface area contributed by atoms with Crippen LogP contribution in [0.3, 0.4) is 0 Å². The Morgan fingerprint density at radius 1 is 1.46 bits per heavy atom. The lowest BCUT2D eigenvalue weighted by molar-refractivity contribution is 0.0699. The van der Waals surface area contributed by atoms with Gasteiger partial charge >= 0.3 is 5.97 Å². The molecule has 0 fully saturated rings.